The third-order valence-corrected chi connectivity index (χ3v) is 5.05. The molecule has 0 atom stereocenters. The molecule has 158 valence electrons. The number of hydrogen-bond acceptors (Lipinski definition) is 4. The largest absolute Gasteiger partial charge is 0.357 e. The number of H-pyrrole nitrogens is 1. The van der Waals surface area contributed by atoms with Crippen molar-refractivity contribution >= 4 is 16.8 Å². The van der Waals surface area contributed by atoms with Crippen LogP contribution in [0.2, 0.25) is 0 Å². The van der Waals surface area contributed by atoms with Crippen molar-refractivity contribution in [1.82, 2.24) is 24.8 Å². The lowest BCUT2D eigenvalue weighted by Crippen LogP contribution is -2.35. The van der Waals surface area contributed by atoms with Gasteiger partial charge in [-0.25, -0.2) is 0 Å². The van der Waals surface area contributed by atoms with E-state index in [1.54, 1.807) is 18.6 Å². The molecule has 0 aliphatic carbocycles. The minimum Gasteiger partial charge on any atom is -0.357 e. The second-order valence-corrected chi connectivity index (χ2v) is 7.98. The molecule has 1 aromatic carbocycles. The second-order valence-electron chi connectivity index (χ2n) is 7.98. The molecule has 0 fully saturated rings. The van der Waals surface area contributed by atoms with E-state index in [0.717, 1.165) is 22.2 Å². The number of hydrogen-bond donors (Lipinski definition) is 2. The van der Waals surface area contributed by atoms with Gasteiger partial charge in [0.15, 0.2) is 0 Å². The first-order valence-electron chi connectivity index (χ1n) is 10.3. The van der Waals surface area contributed by atoms with E-state index in [1.165, 1.54) is 4.57 Å². The average molecular weight is 415 g/mol. The normalized spacial score (nSPS) is 11.2. The monoisotopic (exact) mass is 415 g/mol. The molecule has 2 N–H and O–H groups in total. The maximum absolute atomic E-state index is 13.1. The molecule has 7 nitrogen and oxygen atoms in total. The first-order valence-corrected chi connectivity index (χ1v) is 10.3. The van der Waals surface area contributed by atoms with Gasteiger partial charge < -0.3 is 10.3 Å². The molecule has 4 rings (SSSR count). The zero-order valence-electron chi connectivity index (χ0n) is 17.6. The van der Waals surface area contributed by atoms with Crippen LogP contribution in [0, 0.1) is 5.92 Å². The Bertz CT molecular complexity index is 1220. The van der Waals surface area contributed by atoms with Crippen molar-refractivity contribution in [3.8, 4) is 11.3 Å². The lowest BCUT2D eigenvalue weighted by molar-refractivity contribution is -0.121. The van der Waals surface area contributed by atoms with Gasteiger partial charge in [-0.15, -0.1) is 0 Å². The Morgan fingerprint density at radius 1 is 1.16 bits per heavy atom. The maximum Gasteiger partial charge on any atom is 0.273 e. The number of aromatic amines is 1. The molecule has 0 unspecified atom stereocenters. The summed E-state index contributed by atoms with van der Waals surface area (Å²) in [7, 11) is 0. The smallest absolute Gasteiger partial charge is 0.273 e. The Hall–Kier alpha value is -3.74. The Balaban J connectivity index is 1.57. The van der Waals surface area contributed by atoms with E-state index in [2.05, 4.69) is 20.3 Å². The van der Waals surface area contributed by atoms with Crippen LogP contribution in [0.25, 0.3) is 22.2 Å². The molecule has 3 heterocycles. The van der Waals surface area contributed by atoms with Gasteiger partial charge >= 0.3 is 0 Å². The van der Waals surface area contributed by atoms with Gasteiger partial charge in [-0.05, 0) is 30.0 Å². The summed E-state index contributed by atoms with van der Waals surface area (Å²) in [6.07, 6.45) is 5.75. The molecular formula is C24H25N5O2. The summed E-state index contributed by atoms with van der Waals surface area (Å²) in [5.74, 6) is 0.0549. The maximum atomic E-state index is 13.1. The van der Waals surface area contributed by atoms with Crippen LogP contribution < -0.4 is 10.9 Å². The van der Waals surface area contributed by atoms with E-state index in [-0.39, 0.29) is 18.0 Å². The number of carbonyl (C=O) groups is 1. The molecule has 31 heavy (non-hydrogen) atoms. The Morgan fingerprint density at radius 2 is 1.97 bits per heavy atom. The molecule has 0 aliphatic heterocycles. The van der Waals surface area contributed by atoms with Crippen LogP contribution in [0.1, 0.15) is 25.2 Å². The molecule has 0 bridgehead atoms. The van der Waals surface area contributed by atoms with Crippen LogP contribution in [0.15, 0.2) is 65.8 Å². The molecular weight excluding hydrogens is 390 g/mol. The van der Waals surface area contributed by atoms with E-state index in [9.17, 15) is 9.59 Å². The number of benzene rings is 1. The van der Waals surface area contributed by atoms with Crippen LogP contribution in [0.5, 0.6) is 0 Å². The number of nitrogens with one attached hydrogen (secondary N) is 2. The number of amides is 1. The third-order valence-electron chi connectivity index (χ3n) is 5.05. The van der Waals surface area contributed by atoms with Gasteiger partial charge in [-0.1, -0.05) is 44.2 Å². The van der Waals surface area contributed by atoms with Gasteiger partial charge in [0, 0.05) is 29.0 Å². The number of aromatic nitrogens is 4. The molecule has 3 aromatic heterocycles. The first-order chi connectivity index (χ1) is 15.0. The van der Waals surface area contributed by atoms with Crippen molar-refractivity contribution in [3.63, 3.8) is 0 Å². The minimum atomic E-state index is -0.238. The van der Waals surface area contributed by atoms with Crippen LogP contribution >= 0.6 is 0 Å². The standard InChI is InChI=1S/C24H25N5O2/c1-16(2)10-21-24(31)29(22(14-26-21)17-6-4-3-5-7-17)15-23(30)27-13-19-11-18-12-25-9-8-20(18)28-19/h3-9,11-12,14,16,28H,10,13,15H2,1-2H3,(H,27,30). The number of carbonyl (C=O) groups excluding carboxylic acids is 1. The number of rotatable bonds is 7. The molecule has 0 saturated carbocycles. The fourth-order valence-corrected chi connectivity index (χ4v) is 3.57. The molecule has 0 radical (unpaired) electrons. The lowest BCUT2D eigenvalue weighted by atomic mass is 10.1. The Morgan fingerprint density at radius 3 is 2.71 bits per heavy atom. The molecule has 4 aromatic rings. The van der Waals surface area contributed by atoms with Crippen molar-refractivity contribution in [3.05, 3.63) is 82.8 Å². The highest BCUT2D eigenvalue weighted by Gasteiger charge is 2.16. The van der Waals surface area contributed by atoms with Crippen molar-refractivity contribution < 1.29 is 4.79 Å². The molecule has 0 spiro atoms. The van der Waals surface area contributed by atoms with Crippen molar-refractivity contribution in [2.45, 2.75) is 33.4 Å². The predicted molar refractivity (Wildman–Crippen MR) is 120 cm³/mol. The lowest BCUT2D eigenvalue weighted by Gasteiger charge is -2.15. The fraction of sp³-hybridized carbons (Fsp3) is 0.250. The van der Waals surface area contributed by atoms with Gasteiger partial charge in [0.25, 0.3) is 5.56 Å². The van der Waals surface area contributed by atoms with Gasteiger partial charge in [0.2, 0.25) is 5.91 Å². The van der Waals surface area contributed by atoms with Crippen molar-refractivity contribution in [2.75, 3.05) is 0 Å². The van der Waals surface area contributed by atoms with Gasteiger partial charge in [0.05, 0.1) is 18.4 Å². The van der Waals surface area contributed by atoms with E-state index < -0.39 is 0 Å². The van der Waals surface area contributed by atoms with Gasteiger partial charge in [0.1, 0.15) is 12.2 Å². The average Bonchev–Trinajstić information content (AvgIpc) is 3.18. The number of fused-ring (bicyclic) bond motifs is 1. The Kier molecular flexibility index (Phi) is 5.93. The molecule has 0 aliphatic rings. The van der Waals surface area contributed by atoms with E-state index in [1.807, 2.05) is 56.3 Å². The summed E-state index contributed by atoms with van der Waals surface area (Å²) in [4.78, 5) is 37.7. The van der Waals surface area contributed by atoms with Gasteiger partial charge in [-0.3, -0.25) is 24.1 Å². The summed E-state index contributed by atoms with van der Waals surface area (Å²) in [6, 6.07) is 13.4. The third kappa shape index (κ3) is 4.71. The molecule has 0 saturated heterocycles. The highest BCUT2D eigenvalue weighted by Crippen LogP contribution is 2.17. The van der Waals surface area contributed by atoms with Crippen molar-refractivity contribution in [1.29, 1.82) is 0 Å². The quantitative estimate of drug-likeness (QED) is 0.484. The molecule has 1 amide bonds. The zero-order chi connectivity index (χ0) is 21.8. The van der Waals surface area contributed by atoms with E-state index >= 15 is 0 Å². The minimum absolute atomic E-state index is 0.0710. The van der Waals surface area contributed by atoms with Gasteiger partial charge in [-0.2, -0.15) is 0 Å². The summed E-state index contributed by atoms with van der Waals surface area (Å²) in [5, 5.41) is 3.89. The summed E-state index contributed by atoms with van der Waals surface area (Å²) in [6.45, 7) is 4.35. The zero-order valence-corrected chi connectivity index (χ0v) is 17.6. The predicted octanol–water partition coefficient (Wildman–Crippen LogP) is 3.30. The van der Waals surface area contributed by atoms with Crippen LogP contribution in [0.4, 0.5) is 0 Å². The van der Waals surface area contributed by atoms with Crippen LogP contribution in [-0.2, 0) is 24.3 Å². The number of nitrogens with zero attached hydrogens (tertiary/aromatic N) is 3. The summed E-state index contributed by atoms with van der Waals surface area (Å²) in [5.41, 5.74) is 3.58. The summed E-state index contributed by atoms with van der Waals surface area (Å²) < 4.78 is 1.52. The van der Waals surface area contributed by atoms with E-state index in [4.69, 9.17) is 0 Å². The van der Waals surface area contributed by atoms with Crippen LogP contribution in [0.3, 0.4) is 0 Å². The second kappa shape index (κ2) is 8.95. The van der Waals surface area contributed by atoms with Crippen molar-refractivity contribution in [2.24, 2.45) is 5.92 Å². The SMILES string of the molecule is CC(C)Cc1ncc(-c2ccccc2)n(CC(=O)NCc2cc3cnccc3[nH]2)c1=O. The number of pyridine rings is 1. The van der Waals surface area contributed by atoms with E-state index in [0.29, 0.717) is 30.3 Å². The fourth-order valence-electron chi connectivity index (χ4n) is 3.57. The highest BCUT2D eigenvalue weighted by molar-refractivity contribution is 5.80. The first kappa shape index (κ1) is 20.5. The Labute approximate surface area is 180 Å². The molecule has 7 heteroatoms. The highest BCUT2D eigenvalue weighted by atomic mass is 16.2. The summed E-state index contributed by atoms with van der Waals surface area (Å²) >= 11 is 0. The topological polar surface area (TPSA) is 92.7 Å². The van der Waals surface area contributed by atoms with Crippen LogP contribution in [-0.4, -0.2) is 25.4 Å².